The normalized spacial score (nSPS) is 26.0. The Bertz CT molecular complexity index is 548. The number of amides is 2. The van der Waals surface area contributed by atoms with Crippen molar-refractivity contribution in [2.75, 3.05) is 39.3 Å². The van der Waals surface area contributed by atoms with Gasteiger partial charge in [0, 0.05) is 51.4 Å². The Labute approximate surface area is 143 Å². The zero-order valence-electron chi connectivity index (χ0n) is 14.2. The highest BCUT2D eigenvalue weighted by molar-refractivity contribution is 5.74. The SMILES string of the molecule is O=C(NCC[C@@H]1CCOC12CN(Cc1ccoc1)C2)N1CCCC1. The summed E-state index contributed by atoms with van der Waals surface area (Å²) in [6.45, 7) is 6.33. The molecule has 1 N–H and O–H groups in total. The number of likely N-dealkylation sites (tertiary alicyclic amines) is 2. The van der Waals surface area contributed by atoms with Gasteiger partial charge in [-0.2, -0.15) is 0 Å². The smallest absolute Gasteiger partial charge is 0.317 e. The first-order valence-corrected chi connectivity index (χ1v) is 9.15. The third kappa shape index (κ3) is 3.17. The number of ether oxygens (including phenoxy) is 1. The molecule has 6 heteroatoms. The standard InChI is InChI=1S/C18H27N3O3/c22-17(21-7-1-2-8-21)19-6-3-16-5-10-24-18(16)13-20(14-18)11-15-4-9-23-12-15/h4,9,12,16H,1-3,5-8,10-11,13-14H2,(H,19,22)/t16-/m1/s1. The van der Waals surface area contributed by atoms with E-state index in [0.29, 0.717) is 5.92 Å². The summed E-state index contributed by atoms with van der Waals surface area (Å²) in [5.74, 6) is 0.553. The van der Waals surface area contributed by atoms with E-state index in [2.05, 4.69) is 10.2 Å². The van der Waals surface area contributed by atoms with Crippen molar-refractivity contribution >= 4 is 6.03 Å². The highest BCUT2D eigenvalue weighted by Crippen LogP contribution is 2.42. The van der Waals surface area contributed by atoms with Crippen LogP contribution in [0.4, 0.5) is 4.79 Å². The predicted octanol–water partition coefficient (Wildman–Crippen LogP) is 2.07. The van der Waals surface area contributed by atoms with Crippen molar-refractivity contribution < 1.29 is 13.9 Å². The average molecular weight is 333 g/mol. The van der Waals surface area contributed by atoms with Crippen LogP contribution in [0.25, 0.3) is 0 Å². The third-order valence-corrected chi connectivity index (χ3v) is 5.73. The summed E-state index contributed by atoms with van der Waals surface area (Å²) >= 11 is 0. The van der Waals surface area contributed by atoms with Crippen LogP contribution in [-0.2, 0) is 11.3 Å². The minimum absolute atomic E-state index is 0.0160. The average Bonchev–Trinajstić information content (AvgIpc) is 3.28. The van der Waals surface area contributed by atoms with Crippen molar-refractivity contribution in [1.29, 1.82) is 0 Å². The van der Waals surface area contributed by atoms with Gasteiger partial charge < -0.3 is 19.4 Å². The Morgan fingerprint density at radius 2 is 2.17 bits per heavy atom. The molecule has 1 aromatic heterocycles. The molecule has 132 valence electrons. The highest BCUT2D eigenvalue weighted by atomic mass is 16.5. The molecule has 0 unspecified atom stereocenters. The summed E-state index contributed by atoms with van der Waals surface area (Å²) in [6.07, 6.45) is 7.94. The minimum Gasteiger partial charge on any atom is -0.472 e. The Morgan fingerprint density at radius 3 is 2.92 bits per heavy atom. The summed E-state index contributed by atoms with van der Waals surface area (Å²) < 4.78 is 11.2. The van der Waals surface area contributed by atoms with Crippen LogP contribution in [0.1, 0.15) is 31.2 Å². The monoisotopic (exact) mass is 333 g/mol. The van der Waals surface area contributed by atoms with Crippen LogP contribution in [0.2, 0.25) is 0 Å². The number of hydrogen-bond acceptors (Lipinski definition) is 4. The van der Waals surface area contributed by atoms with Crippen molar-refractivity contribution in [3.05, 3.63) is 24.2 Å². The molecule has 0 aliphatic carbocycles. The van der Waals surface area contributed by atoms with Crippen LogP contribution in [0.15, 0.2) is 23.0 Å². The van der Waals surface area contributed by atoms with Crippen LogP contribution < -0.4 is 5.32 Å². The molecule has 3 fully saturated rings. The van der Waals surface area contributed by atoms with Crippen molar-refractivity contribution in [1.82, 2.24) is 15.1 Å². The fourth-order valence-electron chi connectivity index (χ4n) is 4.39. The Morgan fingerprint density at radius 1 is 1.33 bits per heavy atom. The van der Waals surface area contributed by atoms with E-state index in [1.54, 1.807) is 6.26 Å². The van der Waals surface area contributed by atoms with Crippen molar-refractivity contribution in [3.8, 4) is 0 Å². The lowest BCUT2D eigenvalue weighted by Gasteiger charge is -2.50. The van der Waals surface area contributed by atoms with Crippen LogP contribution in [0, 0.1) is 5.92 Å². The van der Waals surface area contributed by atoms with Crippen LogP contribution in [0.5, 0.6) is 0 Å². The second-order valence-corrected chi connectivity index (χ2v) is 7.39. The number of urea groups is 1. The fraction of sp³-hybridized carbons (Fsp3) is 0.722. The summed E-state index contributed by atoms with van der Waals surface area (Å²) in [5, 5.41) is 3.09. The fourth-order valence-corrected chi connectivity index (χ4v) is 4.39. The maximum atomic E-state index is 12.1. The van der Waals surface area contributed by atoms with Gasteiger partial charge in [-0.1, -0.05) is 0 Å². The molecular weight excluding hydrogens is 306 g/mol. The summed E-state index contributed by atoms with van der Waals surface area (Å²) in [5.41, 5.74) is 1.24. The number of furan rings is 1. The second-order valence-electron chi connectivity index (χ2n) is 7.39. The molecule has 0 radical (unpaired) electrons. The van der Waals surface area contributed by atoms with E-state index in [1.165, 1.54) is 5.56 Å². The number of hydrogen-bond donors (Lipinski definition) is 1. The number of carbonyl (C=O) groups excluding carboxylic acids is 1. The molecule has 1 atom stereocenters. The first-order chi connectivity index (χ1) is 11.8. The molecule has 0 bridgehead atoms. The molecule has 6 nitrogen and oxygen atoms in total. The molecule has 4 rings (SSSR count). The van der Waals surface area contributed by atoms with Gasteiger partial charge in [0.2, 0.25) is 0 Å². The molecule has 1 spiro atoms. The van der Waals surface area contributed by atoms with Crippen molar-refractivity contribution in [3.63, 3.8) is 0 Å². The lowest BCUT2D eigenvalue weighted by molar-refractivity contribution is -0.136. The first kappa shape index (κ1) is 16.0. The highest BCUT2D eigenvalue weighted by Gasteiger charge is 2.52. The van der Waals surface area contributed by atoms with E-state index in [1.807, 2.05) is 17.2 Å². The van der Waals surface area contributed by atoms with E-state index in [4.69, 9.17) is 9.15 Å². The molecule has 3 aliphatic rings. The lowest BCUT2D eigenvalue weighted by atomic mass is 9.79. The van der Waals surface area contributed by atoms with Gasteiger partial charge in [-0.15, -0.1) is 0 Å². The van der Waals surface area contributed by atoms with Crippen LogP contribution >= 0.6 is 0 Å². The van der Waals surface area contributed by atoms with E-state index in [0.717, 1.165) is 71.6 Å². The molecule has 24 heavy (non-hydrogen) atoms. The summed E-state index contributed by atoms with van der Waals surface area (Å²) in [7, 11) is 0. The van der Waals surface area contributed by atoms with E-state index in [-0.39, 0.29) is 11.6 Å². The van der Waals surface area contributed by atoms with Gasteiger partial charge in [0.1, 0.15) is 0 Å². The molecule has 2 amide bonds. The molecule has 3 saturated heterocycles. The number of nitrogens with one attached hydrogen (secondary N) is 1. The van der Waals surface area contributed by atoms with Gasteiger partial charge in [-0.05, 0) is 37.7 Å². The quantitative estimate of drug-likeness (QED) is 0.896. The van der Waals surface area contributed by atoms with Gasteiger partial charge in [-0.25, -0.2) is 4.79 Å². The maximum Gasteiger partial charge on any atom is 0.317 e. The third-order valence-electron chi connectivity index (χ3n) is 5.73. The molecule has 0 aromatic carbocycles. The zero-order chi connectivity index (χ0) is 16.4. The molecule has 0 saturated carbocycles. The zero-order valence-corrected chi connectivity index (χ0v) is 14.2. The van der Waals surface area contributed by atoms with E-state index in [9.17, 15) is 4.79 Å². The number of carbonyl (C=O) groups is 1. The largest absolute Gasteiger partial charge is 0.472 e. The lowest BCUT2D eigenvalue weighted by Crippen LogP contribution is -2.64. The van der Waals surface area contributed by atoms with Crippen LogP contribution in [0.3, 0.4) is 0 Å². The first-order valence-electron chi connectivity index (χ1n) is 9.15. The second kappa shape index (κ2) is 6.76. The predicted molar refractivity (Wildman–Crippen MR) is 89.6 cm³/mol. The van der Waals surface area contributed by atoms with Crippen LogP contribution in [-0.4, -0.2) is 60.8 Å². The van der Waals surface area contributed by atoms with Crippen molar-refractivity contribution in [2.45, 2.75) is 37.8 Å². The Hall–Kier alpha value is -1.53. The van der Waals surface area contributed by atoms with E-state index < -0.39 is 0 Å². The van der Waals surface area contributed by atoms with Gasteiger partial charge in [0.05, 0.1) is 18.1 Å². The van der Waals surface area contributed by atoms with Crippen molar-refractivity contribution in [2.24, 2.45) is 5.92 Å². The molecule has 1 aromatic rings. The van der Waals surface area contributed by atoms with Gasteiger partial charge in [-0.3, -0.25) is 4.90 Å². The van der Waals surface area contributed by atoms with Gasteiger partial charge in [0.15, 0.2) is 0 Å². The number of nitrogens with zero attached hydrogens (tertiary/aromatic N) is 2. The molecule has 3 aliphatic heterocycles. The van der Waals surface area contributed by atoms with E-state index >= 15 is 0 Å². The summed E-state index contributed by atoms with van der Waals surface area (Å²) in [4.78, 5) is 16.4. The van der Waals surface area contributed by atoms with Gasteiger partial charge in [0.25, 0.3) is 0 Å². The summed E-state index contributed by atoms with van der Waals surface area (Å²) in [6, 6.07) is 2.13. The Kier molecular flexibility index (Phi) is 4.50. The maximum absolute atomic E-state index is 12.1. The molecular formula is C18H27N3O3. The number of rotatable bonds is 5. The minimum atomic E-state index is 0.0160. The molecule has 4 heterocycles. The van der Waals surface area contributed by atoms with Gasteiger partial charge >= 0.3 is 6.03 Å². The topological polar surface area (TPSA) is 58.0 Å². The Balaban J connectivity index is 1.22.